The third kappa shape index (κ3) is 2.88. The van der Waals surface area contributed by atoms with Gasteiger partial charge in [-0.25, -0.2) is 14.8 Å². The zero-order valence-corrected chi connectivity index (χ0v) is 21.2. The van der Waals surface area contributed by atoms with Crippen molar-refractivity contribution in [3.63, 3.8) is 0 Å². The number of nitrogens with zero attached hydrogens (tertiary/aromatic N) is 4. The molecule has 8 nitrogen and oxygen atoms in total. The van der Waals surface area contributed by atoms with E-state index in [1.807, 2.05) is 26.0 Å². The molecular formula is C26H27N5O3S. The second-order valence-electron chi connectivity index (χ2n) is 10.3. The highest BCUT2D eigenvalue weighted by atomic mass is 32.1. The smallest absolute Gasteiger partial charge is 0.341 e. The fraction of sp³-hybridized carbons (Fsp3) is 0.538. The first-order valence-electron chi connectivity index (χ1n) is 12.0. The van der Waals surface area contributed by atoms with Gasteiger partial charge in [0.1, 0.15) is 17.1 Å². The number of esters is 1. The van der Waals surface area contributed by atoms with Crippen molar-refractivity contribution in [2.45, 2.75) is 77.0 Å². The normalized spacial score (nSPS) is 25.2. The number of amides is 1. The number of aryl methyl sites for hydroxylation is 1. The molecule has 2 aromatic heterocycles. The van der Waals surface area contributed by atoms with Gasteiger partial charge >= 0.3 is 5.97 Å². The van der Waals surface area contributed by atoms with Crippen molar-refractivity contribution in [1.29, 1.82) is 10.5 Å². The lowest BCUT2D eigenvalue weighted by Crippen LogP contribution is -2.48. The average Bonchev–Trinajstić information content (AvgIpc) is 3.35. The number of fused-ring (bicyclic) bond motifs is 6. The molecule has 0 aromatic carbocycles. The van der Waals surface area contributed by atoms with Gasteiger partial charge in [0.05, 0.1) is 29.0 Å². The fourth-order valence-electron chi connectivity index (χ4n) is 6.42. The van der Waals surface area contributed by atoms with Crippen molar-refractivity contribution in [1.82, 2.24) is 9.97 Å². The molecule has 0 spiro atoms. The molecule has 2 bridgehead atoms. The van der Waals surface area contributed by atoms with Crippen molar-refractivity contribution in [2.24, 2.45) is 5.41 Å². The van der Waals surface area contributed by atoms with Gasteiger partial charge in [-0.2, -0.15) is 10.5 Å². The van der Waals surface area contributed by atoms with Crippen LogP contribution in [0.4, 0.5) is 5.00 Å². The van der Waals surface area contributed by atoms with Crippen LogP contribution in [0.5, 0.6) is 0 Å². The third-order valence-electron chi connectivity index (χ3n) is 8.75. The second kappa shape index (κ2) is 7.86. The average molecular weight is 490 g/mol. The number of hydrogen-bond donors (Lipinski definition) is 1. The molecule has 1 amide bonds. The molecule has 1 N–H and O–H groups in total. The number of thiophene rings is 1. The predicted molar refractivity (Wildman–Crippen MR) is 129 cm³/mol. The van der Waals surface area contributed by atoms with Crippen molar-refractivity contribution in [2.75, 3.05) is 11.9 Å². The van der Waals surface area contributed by atoms with E-state index < -0.39 is 22.2 Å². The molecule has 1 fully saturated rings. The molecule has 35 heavy (non-hydrogen) atoms. The Morgan fingerprint density at radius 3 is 2.37 bits per heavy atom. The minimum absolute atomic E-state index is 0.0121. The lowest BCUT2D eigenvalue weighted by Gasteiger charge is -2.39. The highest BCUT2D eigenvalue weighted by Gasteiger charge is 2.73. The monoisotopic (exact) mass is 489 g/mol. The van der Waals surface area contributed by atoms with Crippen LogP contribution in [0, 0.1) is 28.1 Å². The van der Waals surface area contributed by atoms with Gasteiger partial charge < -0.3 is 10.1 Å². The predicted octanol–water partition coefficient (Wildman–Crippen LogP) is 4.30. The van der Waals surface area contributed by atoms with Gasteiger partial charge in [0, 0.05) is 10.3 Å². The maximum absolute atomic E-state index is 14.2. The lowest BCUT2D eigenvalue weighted by atomic mass is 9.63. The van der Waals surface area contributed by atoms with Crippen LogP contribution in [0.3, 0.4) is 0 Å². The van der Waals surface area contributed by atoms with E-state index in [9.17, 15) is 20.1 Å². The Labute approximate surface area is 208 Å². The first-order valence-corrected chi connectivity index (χ1v) is 12.8. The van der Waals surface area contributed by atoms with Gasteiger partial charge in [0.15, 0.2) is 11.4 Å². The van der Waals surface area contributed by atoms with Gasteiger partial charge in [-0.1, -0.05) is 20.8 Å². The molecule has 2 heterocycles. The number of aromatic nitrogens is 2. The van der Waals surface area contributed by atoms with E-state index in [0.29, 0.717) is 34.8 Å². The zero-order chi connectivity index (χ0) is 25.2. The summed E-state index contributed by atoms with van der Waals surface area (Å²) in [6.07, 6.45) is 4.98. The van der Waals surface area contributed by atoms with Crippen molar-refractivity contribution in [3.8, 4) is 12.1 Å². The number of nitrogens with one attached hydrogen (secondary N) is 1. The van der Waals surface area contributed by atoms with Crippen LogP contribution in [0.2, 0.25) is 0 Å². The number of hydrogen-bond acceptors (Lipinski definition) is 8. The molecule has 9 heteroatoms. The maximum atomic E-state index is 14.2. The number of nitriles is 2. The highest BCUT2D eigenvalue weighted by molar-refractivity contribution is 7.17. The maximum Gasteiger partial charge on any atom is 0.341 e. The van der Waals surface area contributed by atoms with Crippen molar-refractivity contribution in [3.05, 3.63) is 38.8 Å². The zero-order valence-electron chi connectivity index (χ0n) is 20.4. The van der Waals surface area contributed by atoms with Gasteiger partial charge in [0.25, 0.3) is 0 Å². The van der Waals surface area contributed by atoms with Crippen molar-refractivity contribution < 1.29 is 14.3 Å². The van der Waals surface area contributed by atoms with E-state index in [-0.39, 0.29) is 23.9 Å². The van der Waals surface area contributed by atoms with Crippen LogP contribution >= 0.6 is 11.3 Å². The minimum atomic E-state index is -1.04. The summed E-state index contributed by atoms with van der Waals surface area (Å²) in [5, 5.41) is 22.7. The number of rotatable bonds is 4. The molecule has 1 saturated carbocycles. The highest BCUT2D eigenvalue weighted by Crippen LogP contribution is 2.70. The molecule has 2 aromatic rings. The fourth-order valence-corrected chi connectivity index (χ4v) is 7.70. The molecular weight excluding hydrogens is 462 g/mol. The Balaban J connectivity index is 1.64. The number of anilines is 1. The Kier molecular flexibility index (Phi) is 5.26. The number of carbonyl (C=O) groups excluding carboxylic acids is 2. The summed E-state index contributed by atoms with van der Waals surface area (Å²) in [5.74, 6) is -0.663. The molecule has 3 aliphatic rings. The van der Waals surface area contributed by atoms with Gasteiger partial charge in [0.2, 0.25) is 5.91 Å². The third-order valence-corrected chi connectivity index (χ3v) is 9.95. The summed E-state index contributed by atoms with van der Waals surface area (Å²) in [7, 11) is 0. The molecule has 3 aliphatic carbocycles. The first kappa shape index (κ1) is 23.4. The van der Waals surface area contributed by atoms with E-state index >= 15 is 0 Å². The summed E-state index contributed by atoms with van der Waals surface area (Å²) in [4.78, 5) is 37.4. The number of ether oxygens (including phenoxy) is 1. The Bertz CT molecular complexity index is 1360. The Hall–Kier alpha value is -3.30. The molecule has 0 radical (unpaired) electrons. The summed E-state index contributed by atoms with van der Waals surface area (Å²) >= 11 is 1.46. The summed E-state index contributed by atoms with van der Waals surface area (Å²) in [6, 6.07) is 3.94. The molecule has 5 rings (SSSR count). The van der Waals surface area contributed by atoms with Crippen molar-refractivity contribution >= 4 is 28.2 Å². The molecule has 0 aliphatic heterocycles. The number of carbonyl (C=O) groups is 2. The van der Waals surface area contributed by atoms with Gasteiger partial charge in [-0.05, 0) is 56.4 Å². The Morgan fingerprint density at radius 1 is 1.06 bits per heavy atom. The summed E-state index contributed by atoms with van der Waals surface area (Å²) in [5.41, 5.74) is 0.376. The van der Waals surface area contributed by atoms with E-state index in [0.717, 1.165) is 36.1 Å². The molecule has 180 valence electrons. The van der Waals surface area contributed by atoms with Crippen LogP contribution in [0.1, 0.15) is 97.0 Å². The second-order valence-corrected chi connectivity index (χ2v) is 11.4. The topological polar surface area (TPSA) is 129 Å². The summed E-state index contributed by atoms with van der Waals surface area (Å²) in [6.45, 7) is 8.16. The molecule has 0 saturated heterocycles. The summed E-state index contributed by atoms with van der Waals surface area (Å²) < 4.78 is 5.36. The largest absolute Gasteiger partial charge is 0.462 e. The van der Waals surface area contributed by atoms with E-state index in [1.165, 1.54) is 11.3 Å². The quantitative estimate of drug-likeness (QED) is 0.634. The molecule has 2 unspecified atom stereocenters. The van der Waals surface area contributed by atoms with Crippen LogP contribution < -0.4 is 5.32 Å². The van der Waals surface area contributed by atoms with Crippen LogP contribution in [0.25, 0.3) is 0 Å². The lowest BCUT2D eigenvalue weighted by molar-refractivity contribution is -0.125. The van der Waals surface area contributed by atoms with Crippen LogP contribution in [-0.2, 0) is 33.2 Å². The SMILES string of the molecule is CCOC(=O)c1c(NC(=O)C23CCC(C)(c4nc(C#N)c(C#N)nc42)C3(C)C)sc2c1CCCC2. The van der Waals surface area contributed by atoms with Gasteiger partial charge in [-0.15, -0.1) is 11.3 Å². The minimum Gasteiger partial charge on any atom is -0.462 e. The molecule has 2 atom stereocenters. The standard InChI is InChI=1S/C26H27N5O3S/c1-5-34-22(32)18-14-8-6-7-9-17(14)35-21(18)31-23(33)26-11-10-25(4,24(26,2)3)19-20(26)30-16(13-28)15(12-27)29-19/h5-11H2,1-4H3,(H,31,33). The van der Waals surface area contributed by atoms with E-state index in [2.05, 4.69) is 22.2 Å². The first-order chi connectivity index (χ1) is 16.7. The van der Waals surface area contributed by atoms with E-state index in [1.54, 1.807) is 6.92 Å². The van der Waals surface area contributed by atoms with Crippen LogP contribution in [0.15, 0.2) is 0 Å². The Morgan fingerprint density at radius 2 is 1.71 bits per heavy atom. The van der Waals surface area contributed by atoms with E-state index in [4.69, 9.17) is 4.74 Å². The van der Waals surface area contributed by atoms with Gasteiger partial charge in [-0.3, -0.25) is 4.79 Å². The van der Waals surface area contributed by atoms with Crippen LogP contribution in [-0.4, -0.2) is 28.5 Å².